The van der Waals surface area contributed by atoms with Crippen LogP contribution in [-0.4, -0.2) is 164 Å². The Balaban J connectivity index is 2.46. The second kappa shape index (κ2) is 28.7. The summed E-state index contributed by atoms with van der Waals surface area (Å²) in [5, 5.41) is 33.7. The van der Waals surface area contributed by atoms with Crippen molar-refractivity contribution in [1.82, 2.24) is 46.8 Å². The number of nitrogens with two attached hydrogens (primary N) is 6. The van der Waals surface area contributed by atoms with Gasteiger partial charge in [0, 0.05) is 50.7 Å². The number of hydrogen-bond donors (Lipinski definition) is 15. The van der Waals surface area contributed by atoms with Crippen LogP contribution in [0.1, 0.15) is 83.7 Å². The van der Waals surface area contributed by atoms with Gasteiger partial charge in [-0.05, 0) is 50.9 Å². The topological polar surface area (TPSA) is 501 Å². The number of aliphatic carboxylic acids is 1. The molecular weight excluding hydrogens is 913 g/mol. The summed E-state index contributed by atoms with van der Waals surface area (Å²) in [6.07, 6.45) is 0.192. The van der Waals surface area contributed by atoms with E-state index in [1.807, 2.05) is 0 Å². The molecule has 0 radical (unpaired) electrons. The summed E-state index contributed by atoms with van der Waals surface area (Å²) in [6, 6.07) is -11.4. The van der Waals surface area contributed by atoms with E-state index in [1.165, 1.54) is 12.5 Å². The molecule has 384 valence electrons. The normalized spacial score (nSPS) is 16.2. The highest BCUT2D eigenvalue weighted by atomic mass is 16.4. The molecular formula is C40H66N16O13. The van der Waals surface area contributed by atoms with Crippen LogP contribution in [-0.2, 0) is 59.2 Å². The lowest BCUT2D eigenvalue weighted by Crippen LogP contribution is -2.61. The minimum absolute atomic E-state index is 0.0180. The predicted octanol–water partition coefficient (Wildman–Crippen LogP) is -7.24. The van der Waals surface area contributed by atoms with E-state index in [0.29, 0.717) is 6.42 Å². The molecule has 10 amide bonds. The summed E-state index contributed by atoms with van der Waals surface area (Å²) in [4.78, 5) is 155. The van der Waals surface area contributed by atoms with Crippen molar-refractivity contribution in [2.24, 2.45) is 45.3 Å². The Hall–Kier alpha value is -7.43. The number of rotatable bonds is 31. The number of carboxylic acid groups (broad SMARTS) is 1. The predicted molar refractivity (Wildman–Crippen MR) is 241 cm³/mol. The second-order valence-electron chi connectivity index (χ2n) is 16.6. The number of carbonyl (C=O) groups is 11. The van der Waals surface area contributed by atoms with Gasteiger partial charge in [-0.15, -0.1) is 0 Å². The summed E-state index contributed by atoms with van der Waals surface area (Å²) in [5.74, 6) is -11.3. The first-order valence-corrected chi connectivity index (χ1v) is 22.0. The monoisotopic (exact) mass is 978 g/mol. The molecule has 1 aliphatic heterocycles. The zero-order chi connectivity index (χ0) is 52.0. The summed E-state index contributed by atoms with van der Waals surface area (Å²) >= 11 is 0. The van der Waals surface area contributed by atoms with E-state index in [-0.39, 0.29) is 63.3 Å². The summed E-state index contributed by atoms with van der Waals surface area (Å²) in [7, 11) is 0. The van der Waals surface area contributed by atoms with Crippen molar-refractivity contribution in [3.63, 3.8) is 0 Å². The number of nitrogens with zero attached hydrogens (tertiary/aromatic N) is 3. The molecule has 29 nitrogen and oxygen atoms in total. The van der Waals surface area contributed by atoms with Crippen LogP contribution in [0.25, 0.3) is 0 Å². The van der Waals surface area contributed by atoms with Crippen LogP contribution >= 0.6 is 0 Å². The third-order valence-electron chi connectivity index (χ3n) is 10.7. The molecule has 1 aliphatic rings. The molecule has 69 heavy (non-hydrogen) atoms. The van der Waals surface area contributed by atoms with Gasteiger partial charge in [-0.2, -0.15) is 0 Å². The lowest BCUT2D eigenvalue weighted by molar-refractivity contribution is -0.141. The number of nitrogens with one attached hydrogen (secondary N) is 7. The highest BCUT2D eigenvalue weighted by Gasteiger charge is 2.39. The number of imidazole rings is 1. The van der Waals surface area contributed by atoms with E-state index >= 15 is 0 Å². The van der Waals surface area contributed by atoms with Crippen LogP contribution in [0.2, 0.25) is 0 Å². The van der Waals surface area contributed by atoms with Gasteiger partial charge in [0.1, 0.15) is 48.3 Å². The number of aliphatic imine (C=N–C) groups is 1. The number of primary amides is 3. The molecule has 21 N–H and O–H groups in total. The molecule has 1 fully saturated rings. The minimum Gasteiger partial charge on any atom is -0.481 e. The minimum atomic E-state index is -1.64. The molecule has 0 aliphatic carbocycles. The van der Waals surface area contributed by atoms with Gasteiger partial charge in [-0.3, -0.25) is 57.7 Å². The lowest BCUT2D eigenvalue weighted by Gasteiger charge is -2.29. The van der Waals surface area contributed by atoms with Gasteiger partial charge >= 0.3 is 5.97 Å². The van der Waals surface area contributed by atoms with Gasteiger partial charge < -0.3 is 86.4 Å². The number of carbonyl (C=O) groups excluding carboxylic acids is 10. The molecule has 0 spiro atoms. The van der Waals surface area contributed by atoms with Gasteiger partial charge in [0.15, 0.2) is 5.96 Å². The van der Waals surface area contributed by atoms with Crippen molar-refractivity contribution < 1.29 is 63.0 Å². The number of aromatic amines is 1. The van der Waals surface area contributed by atoms with Gasteiger partial charge in [-0.25, -0.2) is 4.98 Å². The average Bonchev–Trinajstić information content (AvgIpc) is 3.99. The molecule has 1 saturated heterocycles. The fourth-order valence-electron chi connectivity index (χ4n) is 6.99. The first-order chi connectivity index (χ1) is 32.4. The number of carboxylic acids is 1. The number of aliphatic hydroxyl groups is 1. The Morgan fingerprint density at radius 2 is 1.26 bits per heavy atom. The molecule has 29 heteroatoms. The number of amides is 10. The van der Waals surface area contributed by atoms with E-state index in [2.05, 4.69) is 46.9 Å². The molecule has 2 heterocycles. The van der Waals surface area contributed by atoms with Crippen LogP contribution in [0.15, 0.2) is 17.5 Å². The third-order valence-corrected chi connectivity index (χ3v) is 10.7. The SMILES string of the molecule is CC(C)[C@H](NC(=O)[C@H](CCCN=C(N)N)NC(=O)[C@H](CCC(N)=O)NC(=O)[C@@H](Cc1cnc[nH]1)NC(=O)[C@H](CCC(=O)O)NC(=O)[C@@H]1CCCN1C(=O)[C@@H](N)CO)C(=O)N[C@@H](CCC(N)=O)C(N)=O. The third kappa shape index (κ3) is 20.1. The molecule has 0 bridgehead atoms. The maximum Gasteiger partial charge on any atom is 0.303 e. The molecule has 1 aromatic rings. The van der Waals surface area contributed by atoms with Crippen LogP contribution in [0.4, 0.5) is 0 Å². The van der Waals surface area contributed by atoms with E-state index in [9.17, 15) is 63.0 Å². The molecule has 0 saturated carbocycles. The first-order valence-electron chi connectivity index (χ1n) is 22.0. The van der Waals surface area contributed by atoms with Crippen molar-refractivity contribution in [3.8, 4) is 0 Å². The van der Waals surface area contributed by atoms with Gasteiger partial charge in [0.2, 0.25) is 59.1 Å². The Bertz CT molecular complexity index is 2010. The molecule has 1 aromatic heterocycles. The quantitative estimate of drug-likeness (QED) is 0.0187. The summed E-state index contributed by atoms with van der Waals surface area (Å²) in [5.41, 5.74) is 32.9. The fourth-order valence-corrected chi connectivity index (χ4v) is 6.99. The highest BCUT2D eigenvalue weighted by molar-refractivity contribution is 5.98. The van der Waals surface area contributed by atoms with Crippen LogP contribution in [0.5, 0.6) is 0 Å². The molecule has 8 atom stereocenters. The number of hydrogen-bond acceptors (Lipinski definition) is 15. The van der Waals surface area contributed by atoms with Gasteiger partial charge in [-0.1, -0.05) is 13.8 Å². The van der Waals surface area contributed by atoms with Crippen molar-refractivity contribution in [3.05, 3.63) is 18.2 Å². The van der Waals surface area contributed by atoms with E-state index in [0.717, 1.165) is 4.90 Å². The number of aromatic nitrogens is 2. The fraction of sp³-hybridized carbons (Fsp3) is 0.625. The van der Waals surface area contributed by atoms with Crippen LogP contribution in [0.3, 0.4) is 0 Å². The Labute approximate surface area is 396 Å². The van der Waals surface area contributed by atoms with E-state index in [4.69, 9.17) is 34.4 Å². The summed E-state index contributed by atoms with van der Waals surface area (Å²) < 4.78 is 0. The Morgan fingerprint density at radius 3 is 1.78 bits per heavy atom. The van der Waals surface area contributed by atoms with Crippen LogP contribution in [0, 0.1) is 5.92 Å². The van der Waals surface area contributed by atoms with Crippen molar-refractivity contribution >= 4 is 71.0 Å². The Morgan fingerprint density at radius 1 is 0.739 bits per heavy atom. The molecule has 0 unspecified atom stereocenters. The number of guanidine groups is 1. The smallest absolute Gasteiger partial charge is 0.303 e. The number of aliphatic hydroxyl groups excluding tert-OH is 1. The highest BCUT2D eigenvalue weighted by Crippen LogP contribution is 2.19. The second-order valence-corrected chi connectivity index (χ2v) is 16.6. The van der Waals surface area contributed by atoms with Crippen molar-refractivity contribution in [2.75, 3.05) is 19.7 Å². The molecule has 2 rings (SSSR count). The first kappa shape index (κ1) is 57.7. The number of H-pyrrole nitrogens is 1. The largest absolute Gasteiger partial charge is 0.481 e. The van der Waals surface area contributed by atoms with Gasteiger partial charge in [0.05, 0.1) is 12.9 Å². The lowest BCUT2D eigenvalue weighted by atomic mass is 10.0. The zero-order valence-electron chi connectivity index (χ0n) is 38.4. The van der Waals surface area contributed by atoms with Gasteiger partial charge in [0.25, 0.3) is 0 Å². The molecule has 0 aromatic carbocycles. The van der Waals surface area contributed by atoms with Crippen molar-refractivity contribution in [1.29, 1.82) is 0 Å². The van der Waals surface area contributed by atoms with Crippen LogP contribution < -0.4 is 66.3 Å². The van der Waals surface area contributed by atoms with Crippen molar-refractivity contribution in [2.45, 2.75) is 133 Å². The number of likely N-dealkylation sites (tertiary alicyclic amines) is 1. The van der Waals surface area contributed by atoms with E-state index < -0.39 is 152 Å². The maximum atomic E-state index is 14.2. The zero-order valence-corrected chi connectivity index (χ0v) is 38.4. The Kier molecular flexibility index (Phi) is 24.0. The maximum absolute atomic E-state index is 14.2. The summed E-state index contributed by atoms with van der Waals surface area (Å²) in [6.45, 7) is 2.54. The standard InChI is InChI=1S/C40H66N16O13/c1-19(2)31(38(68)50-22(32(44)62)7-10-28(42)58)55-35(65)23(5-3-13-48-40(45)46)51-33(63)24(8-11-29(43)59)52-36(66)26(15-20-16-47-18-49-20)54-34(64)25(9-12-30(60)61)53-37(67)27-6-4-14-56(27)39(69)21(41)17-57/h16,18-19,21-27,31,57H,3-15,17,41H2,1-2H3,(H2,42,58)(H2,43,59)(H2,44,62)(H,47,49)(H,50,68)(H,51,63)(H,52,66)(H,53,67)(H,54,64)(H,55,65)(H,60,61)(H4,45,46,48)/t21-,22-,23-,24-,25-,26+,27-,31-/m0/s1. The van der Waals surface area contributed by atoms with E-state index in [1.54, 1.807) is 13.8 Å². The average molecular weight is 979 g/mol.